The Morgan fingerprint density at radius 3 is 1.92 bits per heavy atom. The van der Waals surface area contributed by atoms with Crippen molar-refractivity contribution in [3.05, 3.63) is 0 Å². The second-order valence-electron chi connectivity index (χ2n) is 3.43. The predicted molar refractivity (Wildman–Crippen MR) is 67.7 cm³/mol. The van der Waals surface area contributed by atoms with Gasteiger partial charge in [0.2, 0.25) is 0 Å². The van der Waals surface area contributed by atoms with Crippen LogP contribution in [0.5, 0.6) is 0 Å². The van der Waals surface area contributed by atoms with Gasteiger partial charge in [0.05, 0.1) is 0 Å². The van der Waals surface area contributed by atoms with Gasteiger partial charge in [0.25, 0.3) is 0 Å². The van der Waals surface area contributed by atoms with E-state index in [0.717, 1.165) is 11.5 Å². The van der Waals surface area contributed by atoms with Crippen LogP contribution in [0.15, 0.2) is 0 Å². The van der Waals surface area contributed by atoms with Gasteiger partial charge in [-0.2, -0.15) is 12.6 Å². The summed E-state index contributed by atoms with van der Waals surface area (Å²) in [5.41, 5.74) is 0. The van der Waals surface area contributed by atoms with Crippen LogP contribution in [0, 0.1) is 0 Å². The van der Waals surface area contributed by atoms with Crippen molar-refractivity contribution in [3.63, 3.8) is 0 Å². The van der Waals surface area contributed by atoms with Gasteiger partial charge >= 0.3 is 0 Å². The molecular weight excluding hydrogens is 198 g/mol. The van der Waals surface area contributed by atoms with Crippen LogP contribution >= 0.6 is 24.6 Å². The van der Waals surface area contributed by atoms with Crippen molar-refractivity contribution in [1.29, 1.82) is 0 Å². The molecule has 0 aliphatic rings. The third kappa shape index (κ3) is 5.18. The highest BCUT2D eigenvalue weighted by atomic mass is 32.2. The van der Waals surface area contributed by atoms with Crippen LogP contribution in [0.4, 0.5) is 0 Å². The second kappa shape index (κ2) is 8.01. The third-order valence-corrected chi connectivity index (χ3v) is 4.31. The molecule has 80 valence electrons. The Morgan fingerprint density at radius 1 is 1.15 bits per heavy atom. The molecule has 0 N–H and O–H groups in total. The maximum Gasteiger partial charge on any atom is 0.0174 e. The average molecular weight is 221 g/mol. The fourth-order valence-electron chi connectivity index (χ4n) is 1.20. The monoisotopic (exact) mass is 221 g/mol. The zero-order valence-electron chi connectivity index (χ0n) is 9.29. The Balaban J connectivity index is 4.01. The quantitative estimate of drug-likeness (QED) is 0.518. The molecule has 0 aliphatic carbocycles. The van der Waals surface area contributed by atoms with E-state index >= 15 is 0 Å². The van der Waals surface area contributed by atoms with Crippen molar-refractivity contribution in [2.45, 2.75) is 52.6 Å². The lowest BCUT2D eigenvalue weighted by atomic mass is 10.2. The van der Waals surface area contributed by atoms with E-state index < -0.39 is 0 Å². The predicted octanol–water partition coefficient (Wildman–Crippen LogP) is 3.46. The molecule has 13 heavy (non-hydrogen) atoms. The number of thiol groups is 1. The van der Waals surface area contributed by atoms with Gasteiger partial charge in [0.15, 0.2) is 0 Å². The van der Waals surface area contributed by atoms with Crippen molar-refractivity contribution in [1.82, 2.24) is 4.31 Å². The van der Waals surface area contributed by atoms with Gasteiger partial charge in [0, 0.05) is 23.6 Å². The molecule has 0 saturated carbocycles. The fourth-order valence-corrected chi connectivity index (χ4v) is 2.54. The first-order valence-corrected chi connectivity index (χ1v) is 6.76. The van der Waals surface area contributed by atoms with Crippen LogP contribution in [-0.2, 0) is 0 Å². The van der Waals surface area contributed by atoms with E-state index in [1.165, 1.54) is 12.8 Å². The van der Waals surface area contributed by atoms with Crippen LogP contribution in [0.25, 0.3) is 0 Å². The van der Waals surface area contributed by atoms with Gasteiger partial charge in [-0.3, -0.25) is 0 Å². The molecule has 1 nitrogen and oxygen atoms in total. The lowest BCUT2D eigenvalue weighted by Gasteiger charge is -2.32. The summed E-state index contributed by atoms with van der Waals surface area (Å²) in [7, 11) is 0. The number of rotatable bonds is 7. The minimum absolute atomic E-state index is 0.680. The smallest absolute Gasteiger partial charge is 0.0174 e. The topological polar surface area (TPSA) is 3.24 Å². The number of nitrogens with zero attached hydrogens (tertiary/aromatic N) is 1. The van der Waals surface area contributed by atoms with Gasteiger partial charge in [-0.15, -0.1) is 0 Å². The Bertz CT molecular complexity index is 109. The zero-order chi connectivity index (χ0) is 10.3. The minimum atomic E-state index is 0.680. The Labute approximate surface area is 93.2 Å². The van der Waals surface area contributed by atoms with Crippen molar-refractivity contribution >= 4 is 24.6 Å². The maximum absolute atomic E-state index is 4.24. The lowest BCUT2D eigenvalue weighted by molar-refractivity contribution is 0.289. The van der Waals surface area contributed by atoms with E-state index in [4.69, 9.17) is 0 Å². The number of hydrogen-bond acceptors (Lipinski definition) is 3. The Morgan fingerprint density at radius 2 is 1.62 bits per heavy atom. The highest BCUT2D eigenvalue weighted by Crippen LogP contribution is 2.21. The van der Waals surface area contributed by atoms with E-state index in [2.05, 4.69) is 44.6 Å². The molecule has 0 heterocycles. The summed E-state index contributed by atoms with van der Waals surface area (Å²) in [6, 6.07) is 1.36. The van der Waals surface area contributed by atoms with Crippen molar-refractivity contribution in [3.8, 4) is 0 Å². The summed E-state index contributed by atoms with van der Waals surface area (Å²) in [6.45, 7) is 9.11. The SMILES string of the molecule is CCC(C)N(SCCS)C(C)CC. The molecule has 0 aromatic rings. The molecule has 0 saturated heterocycles. The molecule has 0 aromatic heterocycles. The molecule has 3 heteroatoms. The first kappa shape index (κ1) is 13.7. The summed E-state index contributed by atoms with van der Waals surface area (Å²) < 4.78 is 2.52. The van der Waals surface area contributed by atoms with Crippen molar-refractivity contribution in [2.24, 2.45) is 0 Å². The Hall–Kier alpha value is 0.660. The molecule has 0 aliphatic heterocycles. The summed E-state index contributed by atoms with van der Waals surface area (Å²) in [6.07, 6.45) is 2.45. The molecule has 2 atom stereocenters. The van der Waals surface area contributed by atoms with E-state index in [0.29, 0.717) is 12.1 Å². The fraction of sp³-hybridized carbons (Fsp3) is 1.00. The first-order chi connectivity index (χ1) is 6.17. The summed E-state index contributed by atoms with van der Waals surface area (Å²) in [4.78, 5) is 0. The van der Waals surface area contributed by atoms with Crippen LogP contribution in [0.1, 0.15) is 40.5 Å². The van der Waals surface area contributed by atoms with Gasteiger partial charge in [-0.25, -0.2) is 4.31 Å². The summed E-state index contributed by atoms with van der Waals surface area (Å²) in [5.74, 6) is 2.09. The molecule has 0 fully saturated rings. The molecule has 2 unspecified atom stereocenters. The van der Waals surface area contributed by atoms with Crippen LogP contribution in [0.3, 0.4) is 0 Å². The van der Waals surface area contributed by atoms with E-state index in [1.54, 1.807) is 0 Å². The Kier molecular flexibility index (Phi) is 8.42. The van der Waals surface area contributed by atoms with E-state index in [1.807, 2.05) is 11.9 Å². The van der Waals surface area contributed by atoms with E-state index in [-0.39, 0.29) is 0 Å². The van der Waals surface area contributed by atoms with Gasteiger partial charge in [0.1, 0.15) is 0 Å². The molecule has 0 spiro atoms. The average Bonchev–Trinajstić information content (AvgIpc) is 2.17. The minimum Gasteiger partial charge on any atom is -0.245 e. The summed E-state index contributed by atoms with van der Waals surface area (Å²) in [5, 5.41) is 0. The van der Waals surface area contributed by atoms with Gasteiger partial charge in [-0.1, -0.05) is 25.8 Å². The zero-order valence-corrected chi connectivity index (χ0v) is 11.0. The number of hydrogen-bond donors (Lipinski definition) is 1. The summed E-state index contributed by atoms with van der Waals surface area (Å²) >= 11 is 6.19. The largest absolute Gasteiger partial charge is 0.245 e. The van der Waals surface area contributed by atoms with Gasteiger partial charge < -0.3 is 0 Å². The molecule has 0 bridgehead atoms. The van der Waals surface area contributed by atoms with Gasteiger partial charge in [-0.05, 0) is 26.7 Å². The van der Waals surface area contributed by atoms with Crippen molar-refractivity contribution < 1.29 is 0 Å². The molecular formula is C10H23NS2. The maximum atomic E-state index is 4.24. The van der Waals surface area contributed by atoms with Crippen LogP contribution in [-0.4, -0.2) is 27.9 Å². The van der Waals surface area contributed by atoms with Crippen molar-refractivity contribution in [2.75, 3.05) is 11.5 Å². The molecule has 0 amide bonds. The molecule has 0 rings (SSSR count). The normalized spacial score (nSPS) is 16.2. The lowest BCUT2D eigenvalue weighted by Crippen LogP contribution is -2.34. The molecule has 0 radical (unpaired) electrons. The molecule has 0 aromatic carbocycles. The first-order valence-electron chi connectivity index (χ1n) is 5.19. The van der Waals surface area contributed by atoms with Crippen LogP contribution < -0.4 is 0 Å². The van der Waals surface area contributed by atoms with E-state index in [9.17, 15) is 0 Å². The highest BCUT2D eigenvalue weighted by molar-refractivity contribution is 7.97. The third-order valence-electron chi connectivity index (χ3n) is 2.38. The second-order valence-corrected chi connectivity index (χ2v) is 4.97. The van der Waals surface area contributed by atoms with Crippen LogP contribution in [0.2, 0.25) is 0 Å². The highest BCUT2D eigenvalue weighted by Gasteiger charge is 2.17. The standard InChI is InChI=1S/C10H23NS2/c1-5-9(3)11(10(4)6-2)13-8-7-12/h9-10,12H,5-8H2,1-4H3.